The number of fused-ring (bicyclic) bond motifs is 1. The summed E-state index contributed by atoms with van der Waals surface area (Å²) in [4.78, 5) is 11.4. The number of hydrogen-bond donors (Lipinski definition) is 2. The maximum absolute atomic E-state index is 10.4. The van der Waals surface area contributed by atoms with Crippen LogP contribution in [-0.4, -0.2) is 38.4 Å². The molecule has 0 saturated carbocycles. The van der Waals surface area contributed by atoms with Gasteiger partial charge >= 0.3 is 0 Å². The van der Waals surface area contributed by atoms with Crippen LogP contribution in [0.5, 0.6) is 5.75 Å². The third-order valence-electron chi connectivity index (χ3n) is 3.83. The summed E-state index contributed by atoms with van der Waals surface area (Å²) < 4.78 is 0. The first-order valence-electron chi connectivity index (χ1n) is 8.16. The molecule has 3 aromatic rings. The number of phenolic OH excluding ortho intramolecular Hbond substituents is 1. The summed E-state index contributed by atoms with van der Waals surface area (Å²) in [7, 11) is 0. The van der Waals surface area contributed by atoms with Gasteiger partial charge in [0, 0.05) is 6.61 Å². The van der Waals surface area contributed by atoms with Crippen LogP contribution in [0.1, 0.15) is 23.6 Å². The minimum atomic E-state index is 0.0430. The average molecular weight is 343 g/mol. The first-order chi connectivity index (χ1) is 12.1. The van der Waals surface area contributed by atoms with E-state index in [1.807, 2.05) is 38.1 Å². The zero-order valence-electron chi connectivity index (χ0n) is 14.3. The molecule has 0 radical (unpaired) electrons. The van der Waals surface area contributed by atoms with Gasteiger partial charge in [0.25, 0.3) is 0 Å². The van der Waals surface area contributed by atoms with Crippen LogP contribution in [0.15, 0.2) is 30.3 Å². The van der Waals surface area contributed by atoms with E-state index in [1.165, 1.54) is 4.80 Å². The van der Waals surface area contributed by atoms with E-state index in [2.05, 4.69) is 10.2 Å². The van der Waals surface area contributed by atoms with Crippen LogP contribution in [0.4, 0.5) is 0 Å². The van der Waals surface area contributed by atoms with Gasteiger partial charge in [-0.2, -0.15) is 0 Å². The van der Waals surface area contributed by atoms with Crippen molar-refractivity contribution in [2.75, 3.05) is 13.2 Å². The van der Waals surface area contributed by atoms with Gasteiger partial charge in [-0.15, -0.1) is 15.0 Å². The molecule has 1 aromatic heterocycles. The Bertz CT molecular complexity index is 876. The van der Waals surface area contributed by atoms with Crippen LogP contribution in [0.3, 0.4) is 0 Å². The molecule has 0 unspecified atom stereocenters. The number of benzene rings is 2. The number of aliphatic hydroxyl groups excluding tert-OH is 1. The third kappa shape index (κ3) is 3.79. The van der Waals surface area contributed by atoms with Crippen molar-refractivity contribution < 1.29 is 20.0 Å². The Kier molecular flexibility index (Phi) is 5.28. The smallest absolute Gasteiger partial charge is 0.146 e. The lowest BCUT2D eigenvalue weighted by Gasteiger charge is -2.09. The van der Waals surface area contributed by atoms with Crippen molar-refractivity contribution in [2.24, 2.45) is 0 Å². The number of aryl methyl sites for hydroxylation is 1. The number of rotatable bonds is 7. The highest BCUT2D eigenvalue weighted by Gasteiger charge is 2.13. The number of nitrogens with zero attached hydrogens (tertiary/aromatic N) is 3. The molecule has 7 nitrogen and oxygen atoms in total. The SMILES string of the molecule is CCOOCc1ccc2nn(-c3cc(CCO)cc(C)c3O)nc2c1. The molecule has 25 heavy (non-hydrogen) atoms. The summed E-state index contributed by atoms with van der Waals surface area (Å²) in [6.07, 6.45) is 0.508. The molecule has 0 atom stereocenters. The van der Waals surface area contributed by atoms with Gasteiger partial charge in [0.15, 0.2) is 0 Å². The molecule has 0 amide bonds. The summed E-state index contributed by atoms with van der Waals surface area (Å²) >= 11 is 0. The van der Waals surface area contributed by atoms with Crippen molar-refractivity contribution in [3.8, 4) is 11.4 Å². The highest BCUT2D eigenvalue weighted by molar-refractivity contribution is 5.75. The lowest BCUT2D eigenvalue weighted by atomic mass is 10.1. The van der Waals surface area contributed by atoms with Crippen molar-refractivity contribution in [3.05, 3.63) is 47.0 Å². The van der Waals surface area contributed by atoms with Gasteiger partial charge in [0.2, 0.25) is 0 Å². The second kappa shape index (κ2) is 7.60. The van der Waals surface area contributed by atoms with Gasteiger partial charge in [-0.05, 0) is 55.2 Å². The fourth-order valence-electron chi connectivity index (χ4n) is 2.61. The molecule has 0 bridgehead atoms. The summed E-state index contributed by atoms with van der Waals surface area (Å²) in [5.41, 5.74) is 4.45. The van der Waals surface area contributed by atoms with Crippen LogP contribution in [0.2, 0.25) is 0 Å². The Morgan fingerprint density at radius 1 is 1.04 bits per heavy atom. The molecular weight excluding hydrogens is 322 g/mol. The molecule has 0 spiro atoms. The summed E-state index contributed by atoms with van der Waals surface area (Å²) in [6, 6.07) is 9.26. The average Bonchev–Trinajstić information content (AvgIpc) is 3.01. The van der Waals surface area contributed by atoms with Gasteiger partial charge in [-0.25, -0.2) is 9.78 Å². The molecule has 0 fully saturated rings. The highest BCUT2D eigenvalue weighted by atomic mass is 17.2. The quantitative estimate of drug-likeness (QED) is 0.389. The second-order valence-electron chi connectivity index (χ2n) is 5.74. The Labute approximate surface area is 145 Å². The van der Waals surface area contributed by atoms with E-state index >= 15 is 0 Å². The van der Waals surface area contributed by atoms with Crippen LogP contribution in [-0.2, 0) is 22.8 Å². The van der Waals surface area contributed by atoms with E-state index in [0.29, 0.717) is 41.9 Å². The van der Waals surface area contributed by atoms with Crippen molar-refractivity contribution in [1.29, 1.82) is 0 Å². The molecular formula is C18H21N3O4. The first kappa shape index (κ1) is 17.3. The molecule has 0 aliphatic heterocycles. The fraction of sp³-hybridized carbons (Fsp3) is 0.333. The van der Waals surface area contributed by atoms with Crippen molar-refractivity contribution >= 4 is 11.0 Å². The Balaban J connectivity index is 1.96. The number of phenols is 1. The lowest BCUT2D eigenvalue weighted by molar-refractivity contribution is -0.300. The van der Waals surface area contributed by atoms with Crippen LogP contribution in [0.25, 0.3) is 16.7 Å². The van der Waals surface area contributed by atoms with Gasteiger partial charge in [0.1, 0.15) is 29.1 Å². The molecule has 1 heterocycles. The molecule has 0 aliphatic carbocycles. The molecule has 132 valence electrons. The predicted octanol–water partition coefficient (Wildman–Crippen LogP) is 2.44. The summed E-state index contributed by atoms with van der Waals surface area (Å²) in [6.45, 7) is 4.52. The monoisotopic (exact) mass is 343 g/mol. The van der Waals surface area contributed by atoms with Gasteiger partial charge in [-0.1, -0.05) is 12.1 Å². The number of aromatic hydroxyl groups is 1. The molecule has 0 saturated heterocycles. The Morgan fingerprint density at radius 2 is 1.84 bits per heavy atom. The van der Waals surface area contributed by atoms with Crippen LogP contribution in [0, 0.1) is 6.92 Å². The minimum Gasteiger partial charge on any atom is -0.505 e. The Morgan fingerprint density at radius 3 is 2.60 bits per heavy atom. The molecule has 2 aromatic carbocycles. The van der Waals surface area contributed by atoms with Gasteiger partial charge < -0.3 is 10.2 Å². The molecule has 7 heteroatoms. The first-order valence-corrected chi connectivity index (χ1v) is 8.16. The van der Waals surface area contributed by atoms with E-state index in [-0.39, 0.29) is 12.4 Å². The fourth-order valence-corrected chi connectivity index (χ4v) is 2.61. The third-order valence-corrected chi connectivity index (χ3v) is 3.83. The van der Waals surface area contributed by atoms with E-state index in [9.17, 15) is 5.11 Å². The second-order valence-corrected chi connectivity index (χ2v) is 5.74. The molecule has 2 N–H and O–H groups in total. The van der Waals surface area contributed by atoms with Gasteiger partial charge in [0.05, 0.1) is 6.61 Å². The van der Waals surface area contributed by atoms with E-state index in [0.717, 1.165) is 11.1 Å². The van der Waals surface area contributed by atoms with E-state index in [4.69, 9.17) is 14.9 Å². The van der Waals surface area contributed by atoms with Gasteiger partial charge in [-0.3, -0.25) is 0 Å². The number of hydrogen-bond acceptors (Lipinski definition) is 6. The van der Waals surface area contributed by atoms with Crippen molar-refractivity contribution in [2.45, 2.75) is 26.9 Å². The number of aromatic nitrogens is 3. The zero-order valence-corrected chi connectivity index (χ0v) is 14.3. The lowest BCUT2D eigenvalue weighted by Crippen LogP contribution is -2.02. The van der Waals surface area contributed by atoms with Crippen LogP contribution >= 0.6 is 0 Å². The standard InChI is InChI=1S/C18H21N3O4/c1-3-24-25-11-14-4-5-15-16(9-14)20-21(19-15)17-10-13(6-7-22)8-12(2)18(17)23/h4-5,8-10,22-23H,3,6-7,11H2,1-2H3. The highest BCUT2D eigenvalue weighted by Crippen LogP contribution is 2.27. The van der Waals surface area contributed by atoms with Crippen LogP contribution < -0.4 is 0 Å². The van der Waals surface area contributed by atoms with Crippen molar-refractivity contribution in [3.63, 3.8) is 0 Å². The molecule has 0 aliphatic rings. The normalized spacial score (nSPS) is 11.3. The maximum Gasteiger partial charge on any atom is 0.146 e. The topological polar surface area (TPSA) is 89.6 Å². The zero-order chi connectivity index (χ0) is 17.8. The largest absolute Gasteiger partial charge is 0.505 e. The minimum absolute atomic E-state index is 0.0430. The Hall–Kier alpha value is -2.48. The predicted molar refractivity (Wildman–Crippen MR) is 92.5 cm³/mol. The number of aliphatic hydroxyl groups is 1. The summed E-state index contributed by atoms with van der Waals surface area (Å²) in [5, 5.41) is 28.4. The van der Waals surface area contributed by atoms with Crippen molar-refractivity contribution in [1.82, 2.24) is 15.0 Å². The summed E-state index contributed by atoms with van der Waals surface area (Å²) in [5.74, 6) is 0.127. The van der Waals surface area contributed by atoms with E-state index in [1.54, 1.807) is 6.07 Å². The molecule has 3 rings (SSSR count). The maximum atomic E-state index is 10.4. The van der Waals surface area contributed by atoms with E-state index < -0.39 is 0 Å².